The first-order valence-corrected chi connectivity index (χ1v) is 9.47. The lowest BCUT2D eigenvalue weighted by molar-refractivity contribution is -0.139. The lowest BCUT2D eigenvalue weighted by atomic mass is 9.88. The van der Waals surface area contributed by atoms with E-state index in [1.54, 1.807) is 23.1 Å². The summed E-state index contributed by atoms with van der Waals surface area (Å²) in [6, 6.07) is 5.76. The van der Waals surface area contributed by atoms with Gasteiger partial charge in [0, 0.05) is 19.4 Å². The number of likely N-dealkylation sites (tertiary alicyclic amines) is 1. The van der Waals surface area contributed by atoms with Crippen molar-refractivity contribution in [2.75, 3.05) is 0 Å². The van der Waals surface area contributed by atoms with Crippen molar-refractivity contribution in [3.63, 3.8) is 0 Å². The highest BCUT2D eigenvalue weighted by Gasteiger charge is 2.39. The first kappa shape index (κ1) is 22.0. The van der Waals surface area contributed by atoms with Gasteiger partial charge >= 0.3 is 5.97 Å². The maximum Gasteiger partial charge on any atom is 0.305 e. The summed E-state index contributed by atoms with van der Waals surface area (Å²) in [6.07, 6.45) is 1.000. The highest BCUT2D eigenvalue weighted by Crippen LogP contribution is 2.33. The lowest BCUT2D eigenvalue weighted by Crippen LogP contribution is -2.35. The molecule has 154 valence electrons. The molecule has 0 spiro atoms. The summed E-state index contributed by atoms with van der Waals surface area (Å²) >= 11 is 0. The number of amides is 1. The van der Waals surface area contributed by atoms with E-state index < -0.39 is 24.6 Å². The monoisotopic (exact) mass is 393 g/mol. The minimum absolute atomic E-state index is 0.00178. The summed E-state index contributed by atoms with van der Waals surface area (Å²) in [5.74, 6) is -1.16. The van der Waals surface area contributed by atoms with Gasteiger partial charge in [0.15, 0.2) is 0 Å². The second-order valence-corrected chi connectivity index (χ2v) is 7.69. The number of nitrogens with zero attached hydrogens (tertiary/aromatic N) is 1. The summed E-state index contributed by atoms with van der Waals surface area (Å²) in [7, 11) is 0. The van der Waals surface area contributed by atoms with Crippen LogP contribution < -0.4 is 0 Å². The van der Waals surface area contributed by atoms with Gasteiger partial charge in [-0.2, -0.15) is 0 Å². The van der Waals surface area contributed by atoms with Crippen molar-refractivity contribution in [1.29, 1.82) is 0 Å². The predicted molar refractivity (Wildman–Crippen MR) is 102 cm³/mol. The standard InChI is InChI=1S/C21H28FNO5/c1-13(2)18-11-20(26)23(12-14-3-5-15(22)6-4-14)19(18)8-7-16(24)9-17(25)10-21(27)28/h3-8,13,16-19,24-25H,9-12H2,1-2H3,(H,27,28)/t16-,17-,18-,19+/m1/s1. The molecule has 0 radical (unpaired) electrons. The van der Waals surface area contributed by atoms with E-state index in [1.165, 1.54) is 18.2 Å². The molecule has 7 heteroatoms. The third-order valence-electron chi connectivity index (χ3n) is 5.11. The largest absolute Gasteiger partial charge is 0.481 e. The number of halogens is 1. The van der Waals surface area contributed by atoms with Gasteiger partial charge in [-0.3, -0.25) is 9.59 Å². The van der Waals surface area contributed by atoms with E-state index in [1.807, 2.05) is 13.8 Å². The Kier molecular flexibility index (Phi) is 7.71. The van der Waals surface area contributed by atoms with Crippen LogP contribution in [0, 0.1) is 17.7 Å². The lowest BCUT2D eigenvalue weighted by Gasteiger charge is -2.28. The van der Waals surface area contributed by atoms with Crippen LogP contribution in [-0.2, 0) is 16.1 Å². The molecule has 1 fully saturated rings. The van der Waals surface area contributed by atoms with Crippen LogP contribution in [0.5, 0.6) is 0 Å². The number of carboxylic acids is 1. The van der Waals surface area contributed by atoms with Gasteiger partial charge in [0.2, 0.25) is 5.91 Å². The molecule has 6 nitrogen and oxygen atoms in total. The first-order chi connectivity index (χ1) is 13.2. The number of hydrogen-bond donors (Lipinski definition) is 3. The van der Waals surface area contributed by atoms with Gasteiger partial charge < -0.3 is 20.2 Å². The molecule has 3 N–H and O–H groups in total. The number of carbonyl (C=O) groups excluding carboxylic acids is 1. The Morgan fingerprint density at radius 1 is 1.29 bits per heavy atom. The molecule has 1 aliphatic rings. The summed E-state index contributed by atoms with van der Waals surface area (Å²) in [6.45, 7) is 4.41. The Hall–Kier alpha value is -2.25. The maximum atomic E-state index is 13.1. The van der Waals surface area contributed by atoms with Gasteiger partial charge in [0.25, 0.3) is 0 Å². The Labute approximate surface area is 164 Å². The SMILES string of the molecule is CC(C)[C@H]1CC(=O)N(Cc2ccc(F)cc2)[C@H]1C=C[C@@H](O)C[C@@H](O)CC(=O)O. The summed E-state index contributed by atoms with van der Waals surface area (Å²) in [5, 5.41) is 28.5. The van der Waals surface area contributed by atoms with Crippen molar-refractivity contribution in [2.24, 2.45) is 11.8 Å². The van der Waals surface area contributed by atoms with E-state index in [-0.39, 0.29) is 36.0 Å². The van der Waals surface area contributed by atoms with Crippen LogP contribution in [-0.4, -0.2) is 50.3 Å². The van der Waals surface area contributed by atoms with Gasteiger partial charge in [0.05, 0.1) is 24.7 Å². The van der Waals surface area contributed by atoms with Crippen LogP contribution in [0.15, 0.2) is 36.4 Å². The molecule has 0 bridgehead atoms. The van der Waals surface area contributed by atoms with E-state index in [4.69, 9.17) is 5.11 Å². The number of aliphatic carboxylic acids is 1. The summed E-state index contributed by atoms with van der Waals surface area (Å²) in [4.78, 5) is 24.9. The second kappa shape index (κ2) is 9.80. The normalized spacial score (nSPS) is 22.2. The van der Waals surface area contributed by atoms with Crippen LogP contribution in [0.4, 0.5) is 4.39 Å². The molecular formula is C21H28FNO5. The molecule has 1 saturated heterocycles. The molecule has 2 rings (SSSR count). The molecule has 1 aliphatic heterocycles. The fourth-order valence-electron chi connectivity index (χ4n) is 3.58. The van der Waals surface area contributed by atoms with Gasteiger partial charge in [-0.25, -0.2) is 4.39 Å². The zero-order valence-corrected chi connectivity index (χ0v) is 16.2. The molecule has 0 unspecified atom stereocenters. The van der Waals surface area contributed by atoms with E-state index in [0.29, 0.717) is 13.0 Å². The molecule has 1 amide bonds. The molecule has 0 aromatic heterocycles. The van der Waals surface area contributed by atoms with Gasteiger partial charge in [-0.15, -0.1) is 0 Å². The quantitative estimate of drug-likeness (QED) is 0.560. The Bertz CT molecular complexity index is 703. The van der Waals surface area contributed by atoms with E-state index >= 15 is 0 Å². The number of carboxylic acid groups (broad SMARTS) is 1. The van der Waals surface area contributed by atoms with Crippen molar-refractivity contribution in [3.05, 3.63) is 47.8 Å². The third kappa shape index (κ3) is 6.14. The molecule has 1 aromatic carbocycles. The van der Waals surface area contributed by atoms with E-state index in [0.717, 1.165) is 5.56 Å². The molecule has 28 heavy (non-hydrogen) atoms. The summed E-state index contributed by atoms with van der Waals surface area (Å²) in [5.41, 5.74) is 0.815. The maximum absolute atomic E-state index is 13.1. The molecule has 1 aromatic rings. The van der Waals surface area contributed by atoms with Gasteiger partial charge in [-0.1, -0.05) is 38.1 Å². The van der Waals surface area contributed by atoms with Crippen molar-refractivity contribution < 1.29 is 29.3 Å². The average molecular weight is 393 g/mol. The van der Waals surface area contributed by atoms with E-state index in [2.05, 4.69) is 0 Å². The number of benzene rings is 1. The highest BCUT2D eigenvalue weighted by molar-refractivity contribution is 5.79. The highest BCUT2D eigenvalue weighted by atomic mass is 19.1. The minimum Gasteiger partial charge on any atom is -0.481 e. The smallest absolute Gasteiger partial charge is 0.305 e. The molecule has 4 atom stereocenters. The number of aliphatic hydroxyl groups excluding tert-OH is 2. The van der Waals surface area contributed by atoms with Crippen LogP contribution >= 0.6 is 0 Å². The number of aliphatic hydroxyl groups is 2. The van der Waals surface area contributed by atoms with Crippen molar-refractivity contribution in [2.45, 2.75) is 57.9 Å². The summed E-state index contributed by atoms with van der Waals surface area (Å²) < 4.78 is 13.1. The van der Waals surface area contributed by atoms with Crippen molar-refractivity contribution in [1.82, 2.24) is 4.90 Å². The molecule has 0 saturated carbocycles. The second-order valence-electron chi connectivity index (χ2n) is 7.69. The molecular weight excluding hydrogens is 365 g/mol. The van der Waals surface area contributed by atoms with Crippen LogP contribution in [0.2, 0.25) is 0 Å². The van der Waals surface area contributed by atoms with Crippen LogP contribution in [0.3, 0.4) is 0 Å². The van der Waals surface area contributed by atoms with Gasteiger partial charge in [0.1, 0.15) is 5.82 Å². The minimum atomic E-state index is -1.14. The number of carbonyl (C=O) groups is 2. The fourth-order valence-corrected chi connectivity index (χ4v) is 3.58. The Morgan fingerprint density at radius 2 is 1.93 bits per heavy atom. The fraction of sp³-hybridized carbons (Fsp3) is 0.524. The predicted octanol–water partition coefficient (Wildman–Crippen LogP) is 2.34. The zero-order chi connectivity index (χ0) is 20.8. The van der Waals surface area contributed by atoms with Crippen molar-refractivity contribution >= 4 is 11.9 Å². The van der Waals surface area contributed by atoms with Gasteiger partial charge in [-0.05, 0) is 29.5 Å². The average Bonchev–Trinajstić information content (AvgIpc) is 2.90. The third-order valence-corrected chi connectivity index (χ3v) is 5.11. The Morgan fingerprint density at radius 3 is 2.50 bits per heavy atom. The molecule has 0 aliphatic carbocycles. The number of hydrogen-bond acceptors (Lipinski definition) is 4. The number of rotatable bonds is 9. The van der Waals surface area contributed by atoms with Crippen LogP contribution in [0.25, 0.3) is 0 Å². The Balaban J connectivity index is 2.11. The topological polar surface area (TPSA) is 98.1 Å². The zero-order valence-electron chi connectivity index (χ0n) is 16.2. The first-order valence-electron chi connectivity index (χ1n) is 9.47. The van der Waals surface area contributed by atoms with E-state index in [9.17, 15) is 24.2 Å². The van der Waals surface area contributed by atoms with Crippen LogP contribution in [0.1, 0.15) is 38.7 Å². The molecule has 1 heterocycles. The van der Waals surface area contributed by atoms with Crippen molar-refractivity contribution in [3.8, 4) is 0 Å².